The Balaban J connectivity index is 1.72. The number of Topliss-reactive ketones (excluding diaryl/α,β-unsaturated/α-hetero) is 1. The molecule has 5 nitrogen and oxygen atoms in total. The third-order valence-electron chi connectivity index (χ3n) is 6.17. The molecule has 2 aromatic carbocycles. The summed E-state index contributed by atoms with van der Waals surface area (Å²) in [6.07, 6.45) is 0.975. The zero-order chi connectivity index (χ0) is 23.4. The quantitative estimate of drug-likeness (QED) is 0.487. The van der Waals surface area contributed by atoms with Crippen molar-refractivity contribution in [2.24, 2.45) is 0 Å². The molecule has 0 unspecified atom stereocenters. The first-order chi connectivity index (χ1) is 16.0. The molecule has 1 aliphatic carbocycles. The molecule has 1 N–H and O–H groups in total. The second kappa shape index (κ2) is 10.1. The highest BCUT2D eigenvalue weighted by atomic mass is 19.1. The zero-order valence-corrected chi connectivity index (χ0v) is 18.9. The van der Waals surface area contributed by atoms with Crippen molar-refractivity contribution in [2.75, 3.05) is 19.8 Å². The highest BCUT2D eigenvalue weighted by Gasteiger charge is 2.41. The summed E-state index contributed by atoms with van der Waals surface area (Å²) in [5, 5.41) is 3.31. The average molecular weight is 450 g/mol. The number of esters is 1. The summed E-state index contributed by atoms with van der Waals surface area (Å²) in [5.41, 5.74) is 3.93. The van der Waals surface area contributed by atoms with E-state index in [1.54, 1.807) is 19.1 Å². The Morgan fingerprint density at radius 2 is 1.82 bits per heavy atom. The molecule has 6 heteroatoms. The molecular weight excluding hydrogens is 421 g/mol. The lowest BCUT2D eigenvalue weighted by atomic mass is 9.71. The largest absolute Gasteiger partial charge is 0.460 e. The van der Waals surface area contributed by atoms with E-state index in [1.165, 1.54) is 12.1 Å². The van der Waals surface area contributed by atoms with Crippen molar-refractivity contribution in [3.05, 3.63) is 94.1 Å². The summed E-state index contributed by atoms with van der Waals surface area (Å²) in [5.74, 6) is -1.62. The van der Waals surface area contributed by atoms with Gasteiger partial charge in [0, 0.05) is 35.9 Å². The predicted octanol–water partition coefficient (Wildman–Crippen LogP) is 4.77. The van der Waals surface area contributed by atoms with Crippen LogP contribution < -0.4 is 5.32 Å². The standard InChI is InChI=1S/C27H28FNO4/c1-3-32-12-13-33-27(31)24-17(2)29-22-15-20(18-8-5-4-6-9-18)16-23(30)26(22)25(24)19-10-7-11-21(28)14-19/h4-11,14,20,25,29H,3,12-13,15-16H2,1-2H3/t20-,25+/m1/s1. The van der Waals surface area contributed by atoms with Gasteiger partial charge in [-0.3, -0.25) is 4.79 Å². The van der Waals surface area contributed by atoms with Crippen LogP contribution in [0.5, 0.6) is 0 Å². The van der Waals surface area contributed by atoms with Gasteiger partial charge in [-0.15, -0.1) is 0 Å². The predicted molar refractivity (Wildman–Crippen MR) is 123 cm³/mol. The molecule has 0 bridgehead atoms. The van der Waals surface area contributed by atoms with Gasteiger partial charge in [-0.05, 0) is 49.4 Å². The summed E-state index contributed by atoms with van der Waals surface area (Å²) >= 11 is 0. The van der Waals surface area contributed by atoms with Crippen LogP contribution in [0.4, 0.5) is 4.39 Å². The van der Waals surface area contributed by atoms with E-state index in [0.717, 1.165) is 11.3 Å². The van der Waals surface area contributed by atoms with Gasteiger partial charge in [0.1, 0.15) is 12.4 Å². The van der Waals surface area contributed by atoms with Crippen LogP contribution in [0, 0.1) is 5.82 Å². The number of hydrogen-bond acceptors (Lipinski definition) is 5. The van der Waals surface area contributed by atoms with Crippen molar-refractivity contribution >= 4 is 11.8 Å². The molecule has 2 aromatic rings. The number of halogens is 1. The fourth-order valence-corrected chi connectivity index (χ4v) is 4.71. The minimum atomic E-state index is -0.680. The van der Waals surface area contributed by atoms with Gasteiger partial charge in [0.15, 0.2) is 5.78 Å². The summed E-state index contributed by atoms with van der Waals surface area (Å²) in [7, 11) is 0. The third kappa shape index (κ3) is 4.91. The van der Waals surface area contributed by atoms with Crippen LogP contribution in [-0.4, -0.2) is 31.6 Å². The first-order valence-corrected chi connectivity index (χ1v) is 11.3. The number of ketones is 1. The van der Waals surface area contributed by atoms with Gasteiger partial charge in [-0.2, -0.15) is 0 Å². The molecule has 4 rings (SSSR count). The lowest BCUT2D eigenvalue weighted by Gasteiger charge is -2.36. The molecule has 0 amide bonds. The SMILES string of the molecule is CCOCCOC(=O)C1=C(C)NC2=C(C(=O)C[C@H](c3ccccc3)C2)[C@H]1c1cccc(F)c1. The van der Waals surface area contributed by atoms with E-state index in [2.05, 4.69) is 5.32 Å². The fourth-order valence-electron chi connectivity index (χ4n) is 4.71. The van der Waals surface area contributed by atoms with Crippen LogP contribution in [0.25, 0.3) is 0 Å². The van der Waals surface area contributed by atoms with Gasteiger partial charge in [0.2, 0.25) is 0 Å². The summed E-state index contributed by atoms with van der Waals surface area (Å²) < 4.78 is 24.9. The van der Waals surface area contributed by atoms with Crippen LogP contribution >= 0.6 is 0 Å². The van der Waals surface area contributed by atoms with Gasteiger partial charge in [-0.1, -0.05) is 42.5 Å². The van der Waals surface area contributed by atoms with E-state index in [1.807, 2.05) is 37.3 Å². The van der Waals surface area contributed by atoms with Crippen molar-refractivity contribution in [1.82, 2.24) is 5.32 Å². The van der Waals surface area contributed by atoms with Crippen molar-refractivity contribution in [3.8, 4) is 0 Å². The van der Waals surface area contributed by atoms with E-state index in [9.17, 15) is 14.0 Å². The lowest BCUT2D eigenvalue weighted by molar-refractivity contribution is -0.140. The average Bonchev–Trinajstić information content (AvgIpc) is 2.81. The Labute approximate surface area is 193 Å². The third-order valence-corrected chi connectivity index (χ3v) is 6.17. The molecule has 2 atom stereocenters. The Bertz CT molecular complexity index is 1110. The number of carbonyl (C=O) groups excluding carboxylic acids is 2. The van der Waals surface area contributed by atoms with E-state index in [0.29, 0.717) is 41.9 Å². The minimum Gasteiger partial charge on any atom is -0.460 e. The molecule has 1 heterocycles. The first kappa shape index (κ1) is 22.9. The van der Waals surface area contributed by atoms with Gasteiger partial charge in [-0.25, -0.2) is 9.18 Å². The van der Waals surface area contributed by atoms with Crippen LogP contribution in [0.3, 0.4) is 0 Å². The first-order valence-electron chi connectivity index (χ1n) is 11.3. The highest BCUT2D eigenvalue weighted by Crippen LogP contribution is 2.45. The Morgan fingerprint density at radius 1 is 1.06 bits per heavy atom. The second-order valence-electron chi connectivity index (χ2n) is 8.32. The molecule has 0 saturated heterocycles. The van der Waals surface area contributed by atoms with E-state index >= 15 is 0 Å². The van der Waals surface area contributed by atoms with Gasteiger partial charge >= 0.3 is 5.97 Å². The number of ether oxygens (including phenoxy) is 2. The number of hydrogen-bond donors (Lipinski definition) is 1. The van der Waals surface area contributed by atoms with Crippen LogP contribution in [0.15, 0.2) is 77.1 Å². The Morgan fingerprint density at radius 3 is 2.55 bits per heavy atom. The monoisotopic (exact) mass is 449 g/mol. The van der Waals surface area contributed by atoms with Crippen LogP contribution in [0.2, 0.25) is 0 Å². The molecule has 0 fully saturated rings. The van der Waals surface area contributed by atoms with Gasteiger partial charge in [0.05, 0.1) is 12.2 Å². The molecule has 0 aromatic heterocycles. The molecule has 2 aliphatic rings. The number of allylic oxidation sites excluding steroid dienone is 3. The smallest absolute Gasteiger partial charge is 0.336 e. The number of dihydropyridines is 1. The number of benzene rings is 2. The molecule has 0 radical (unpaired) electrons. The number of carbonyl (C=O) groups is 2. The molecule has 172 valence electrons. The Hall–Kier alpha value is -3.25. The minimum absolute atomic E-state index is 0.0426. The normalized spacial score (nSPS) is 20.4. The molecular formula is C27H28FNO4. The van der Waals surface area contributed by atoms with Crippen molar-refractivity contribution in [3.63, 3.8) is 0 Å². The van der Waals surface area contributed by atoms with Crippen LogP contribution in [0.1, 0.15) is 49.7 Å². The maximum atomic E-state index is 14.2. The molecule has 0 saturated carbocycles. The fraction of sp³-hybridized carbons (Fsp3) is 0.333. The van der Waals surface area contributed by atoms with Crippen molar-refractivity contribution in [1.29, 1.82) is 0 Å². The van der Waals surface area contributed by atoms with Gasteiger partial charge < -0.3 is 14.8 Å². The summed E-state index contributed by atoms with van der Waals surface area (Å²) in [6, 6.07) is 16.0. The highest BCUT2D eigenvalue weighted by molar-refractivity contribution is 6.04. The maximum absolute atomic E-state index is 14.2. The summed E-state index contributed by atoms with van der Waals surface area (Å²) in [6.45, 7) is 4.59. The summed E-state index contributed by atoms with van der Waals surface area (Å²) in [4.78, 5) is 26.6. The molecule has 0 spiro atoms. The molecule has 33 heavy (non-hydrogen) atoms. The van der Waals surface area contributed by atoms with E-state index in [-0.39, 0.29) is 24.9 Å². The maximum Gasteiger partial charge on any atom is 0.336 e. The van der Waals surface area contributed by atoms with Gasteiger partial charge in [0.25, 0.3) is 0 Å². The number of nitrogens with one attached hydrogen (secondary N) is 1. The van der Waals surface area contributed by atoms with Crippen LogP contribution in [-0.2, 0) is 19.1 Å². The topological polar surface area (TPSA) is 64.6 Å². The van der Waals surface area contributed by atoms with Crippen molar-refractivity contribution in [2.45, 2.75) is 38.5 Å². The number of rotatable bonds is 7. The second-order valence-corrected chi connectivity index (χ2v) is 8.32. The van der Waals surface area contributed by atoms with E-state index in [4.69, 9.17) is 9.47 Å². The molecule has 1 aliphatic heterocycles. The Kier molecular flexibility index (Phi) is 7.04. The van der Waals surface area contributed by atoms with Crippen molar-refractivity contribution < 1.29 is 23.5 Å². The lowest BCUT2D eigenvalue weighted by Crippen LogP contribution is -2.36. The zero-order valence-electron chi connectivity index (χ0n) is 18.9. The van der Waals surface area contributed by atoms with E-state index < -0.39 is 17.7 Å².